The van der Waals surface area contributed by atoms with Gasteiger partial charge >= 0.3 is 0 Å². The van der Waals surface area contributed by atoms with Crippen LogP contribution in [0.2, 0.25) is 0 Å². The van der Waals surface area contributed by atoms with Gasteiger partial charge in [-0.1, -0.05) is 6.07 Å². The van der Waals surface area contributed by atoms with Crippen molar-refractivity contribution in [3.8, 4) is 0 Å². The third-order valence-electron chi connectivity index (χ3n) is 4.42. The van der Waals surface area contributed by atoms with Gasteiger partial charge in [-0.25, -0.2) is 4.99 Å². The highest BCUT2D eigenvalue weighted by Gasteiger charge is 2.30. The van der Waals surface area contributed by atoms with Crippen molar-refractivity contribution in [2.45, 2.75) is 38.0 Å². The van der Waals surface area contributed by atoms with E-state index in [4.69, 9.17) is 4.74 Å². The fourth-order valence-electron chi connectivity index (χ4n) is 3.64. The van der Waals surface area contributed by atoms with E-state index in [1.54, 1.807) is 11.1 Å². The van der Waals surface area contributed by atoms with Gasteiger partial charge in [0.15, 0.2) is 0 Å². The molecule has 1 aromatic rings. The van der Waals surface area contributed by atoms with Crippen LogP contribution >= 0.6 is 0 Å². The molecule has 0 amide bonds. The molecule has 0 saturated heterocycles. The Hall–Kier alpha value is -1.51. The molecular weight excluding hydrogens is 224 g/mol. The van der Waals surface area contributed by atoms with E-state index in [0.29, 0.717) is 12.6 Å². The Morgan fingerprint density at radius 3 is 3.11 bits per heavy atom. The van der Waals surface area contributed by atoms with E-state index in [1.165, 1.54) is 43.4 Å². The van der Waals surface area contributed by atoms with Crippen LogP contribution in [0.5, 0.6) is 0 Å². The molecule has 1 aliphatic heterocycles. The topological polar surface area (TPSA) is 33.6 Å². The van der Waals surface area contributed by atoms with Gasteiger partial charge in [0.25, 0.3) is 6.02 Å². The van der Waals surface area contributed by atoms with Gasteiger partial charge in [0.05, 0.1) is 6.54 Å². The zero-order chi connectivity index (χ0) is 11.9. The highest BCUT2D eigenvalue weighted by atomic mass is 16.5. The molecule has 18 heavy (non-hydrogen) atoms. The maximum atomic E-state index is 5.46. The largest absolute Gasteiger partial charge is 0.463 e. The van der Waals surface area contributed by atoms with Gasteiger partial charge in [0.1, 0.15) is 6.61 Å². The van der Waals surface area contributed by atoms with Crippen molar-refractivity contribution in [1.29, 1.82) is 0 Å². The minimum atomic E-state index is 0.700. The summed E-state index contributed by atoms with van der Waals surface area (Å²) in [6.45, 7) is 1.50. The van der Waals surface area contributed by atoms with Crippen LogP contribution in [0.1, 0.15) is 41.9 Å². The molecule has 2 aliphatic carbocycles. The summed E-state index contributed by atoms with van der Waals surface area (Å²) in [6, 6.07) is 5.21. The number of nitrogens with one attached hydrogen (secondary N) is 1. The fraction of sp³-hybridized carbons (Fsp3) is 0.533. The second kappa shape index (κ2) is 4.01. The van der Waals surface area contributed by atoms with E-state index >= 15 is 0 Å². The van der Waals surface area contributed by atoms with Crippen molar-refractivity contribution < 1.29 is 4.74 Å². The fourth-order valence-corrected chi connectivity index (χ4v) is 3.64. The molecule has 0 bridgehead atoms. The molecule has 3 nitrogen and oxygen atoms in total. The Kier molecular flexibility index (Phi) is 2.32. The van der Waals surface area contributed by atoms with E-state index in [2.05, 4.69) is 22.4 Å². The van der Waals surface area contributed by atoms with Crippen molar-refractivity contribution in [2.24, 2.45) is 4.99 Å². The average molecular weight is 242 g/mol. The Labute approximate surface area is 107 Å². The number of amidine groups is 1. The van der Waals surface area contributed by atoms with Crippen LogP contribution < -0.4 is 5.32 Å². The molecule has 0 aromatic heterocycles. The van der Waals surface area contributed by atoms with Crippen molar-refractivity contribution >= 4 is 11.7 Å². The highest BCUT2D eigenvalue weighted by Crippen LogP contribution is 2.45. The standard InChI is InChI=1S/C15H18N2O/c1-2-10-4-5-11-6-7-13(12(3-1)14(10)11)17-15-16-8-9-18-15/h6-7,10H,1-5,8-9H2,(H,16,17). The summed E-state index contributed by atoms with van der Waals surface area (Å²) < 4.78 is 5.46. The quantitative estimate of drug-likeness (QED) is 0.821. The first kappa shape index (κ1) is 10.4. The van der Waals surface area contributed by atoms with Crippen LogP contribution in [-0.4, -0.2) is 19.2 Å². The maximum absolute atomic E-state index is 5.46. The molecule has 1 unspecified atom stereocenters. The molecule has 3 aliphatic rings. The number of hydrogen-bond donors (Lipinski definition) is 1. The van der Waals surface area contributed by atoms with E-state index in [1.807, 2.05) is 0 Å². The van der Waals surface area contributed by atoms with Gasteiger partial charge in [-0.05, 0) is 60.8 Å². The smallest absolute Gasteiger partial charge is 0.289 e. The van der Waals surface area contributed by atoms with Crippen LogP contribution in [0.25, 0.3) is 0 Å². The molecule has 94 valence electrons. The number of ether oxygens (including phenoxy) is 1. The number of anilines is 1. The summed E-state index contributed by atoms with van der Waals surface area (Å²) in [7, 11) is 0. The highest BCUT2D eigenvalue weighted by molar-refractivity contribution is 5.91. The Morgan fingerprint density at radius 1 is 1.22 bits per heavy atom. The maximum Gasteiger partial charge on any atom is 0.289 e. The zero-order valence-corrected chi connectivity index (χ0v) is 10.5. The monoisotopic (exact) mass is 242 g/mol. The minimum Gasteiger partial charge on any atom is -0.463 e. The average Bonchev–Trinajstić information content (AvgIpc) is 3.03. The molecule has 1 heterocycles. The van der Waals surface area contributed by atoms with Crippen LogP contribution in [0.4, 0.5) is 5.69 Å². The van der Waals surface area contributed by atoms with Gasteiger partial charge in [-0.2, -0.15) is 0 Å². The SMILES string of the molecule is c1cc(NC2=NCCO2)c2c3c1CCC3CCC2. The van der Waals surface area contributed by atoms with Crippen molar-refractivity contribution in [2.75, 3.05) is 18.5 Å². The van der Waals surface area contributed by atoms with Gasteiger partial charge in [-0.3, -0.25) is 0 Å². The molecule has 1 N–H and O–H groups in total. The Bertz CT molecular complexity index is 521. The summed E-state index contributed by atoms with van der Waals surface area (Å²) in [4.78, 5) is 4.32. The first-order valence-electron chi connectivity index (χ1n) is 7.01. The van der Waals surface area contributed by atoms with Crippen LogP contribution in [-0.2, 0) is 17.6 Å². The van der Waals surface area contributed by atoms with E-state index in [0.717, 1.165) is 12.5 Å². The molecule has 3 heteroatoms. The van der Waals surface area contributed by atoms with E-state index in [9.17, 15) is 0 Å². The summed E-state index contributed by atoms with van der Waals surface area (Å²) in [5.41, 5.74) is 5.97. The van der Waals surface area contributed by atoms with Crippen LogP contribution in [0, 0.1) is 0 Å². The minimum absolute atomic E-state index is 0.700. The lowest BCUT2D eigenvalue weighted by Gasteiger charge is -2.24. The number of benzene rings is 1. The summed E-state index contributed by atoms with van der Waals surface area (Å²) in [5, 5.41) is 3.37. The molecule has 0 saturated carbocycles. The van der Waals surface area contributed by atoms with Crippen molar-refractivity contribution in [3.63, 3.8) is 0 Å². The number of rotatable bonds is 1. The van der Waals surface area contributed by atoms with Crippen molar-refractivity contribution in [3.05, 3.63) is 28.8 Å². The van der Waals surface area contributed by atoms with Gasteiger partial charge in [0, 0.05) is 5.69 Å². The lowest BCUT2D eigenvalue weighted by molar-refractivity contribution is 0.346. The summed E-state index contributed by atoms with van der Waals surface area (Å²) in [5.74, 6) is 0.817. The molecule has 0 fully saturated rings. The first-order chi connectivity index (χ1) is 8.92. The summed E-state index contributed by atoms with van der Waals surface area (Å²) >= 11 is 0. The Balaban J connectivity index is 1.74. The molecule has 0 spiro atoms. The lowest BCUT2D eigenvalue weighted by Crippen LogP contribution is -2.16. The number of hydrogen-bond acceptors (Lipinski definition) is 3. The molecule has 0 radical (unpaired) electrons. The molecule has 1 aromatic carbocycles. The van der Waals surface area contributed by atoms with E-state index in [-0.39, 0.29) is 0 Å². The predicted octanol–water partition coefficient (Wildman–Crippen LogP) is 2.85. The third kappa shape index (κ3) is 1.53. The second-order valence-corrected chi connectivity index (χ2v) is 5.45. The second-order valence-electron chi connectivity index (χ2n) is 5.45. The van der Waals surface area contributed by atoms with Crippen LogP contribution in [0.15, 0.2) is 17.1 Å². The third-order valence-corrected chi connectivity index (χ3v) is 4.42. The molecular formula is C15H18N2O. The van der Waals surface area contributed by atoms with Gasteiger partial charge in [-0.15, -0.1) is 0 Å². The van der Waals surface area contributed by atoms with E-state index < -0.39 is 0 Å². The Morgan fingerprint density at radius 2 is 2.22 bits per heavy atom. The lowest BCUT2D eigenvalue weighted by atomic mass is 9.83. The number of nitrogens with zero attached hydrogens (tertiary/aromatic N) is 1. The predicted molar refractivity (Wildman–Crippen MR) is 72.3 cm³/mol. The summed E-state index contributed by atoms with van der Waals surface area (Å²) in [6.07, 6.45) is 6.52. The zero-order valence-electron chi connectivity index (χ0n) is 10.5. The number of aryl methyl sites for hydroxylation is 1. The van der Waals surface area contributed by atoms with Crippen molar-refractivity contribution in [1.82, 2.24) is 0 Å². The first-order valence-corrected chi connectivity index (χ1v) is 7.01. The molecule has 1 atom stereocenters. The van der Waals surface area contributed by atoms with Gasteiger partial charge in [0.2, 0.25) is 0 Å². The van der Waals surface area contributed by atoms with Crippen LogP contribution in [0.3, 0.4) is 0 Å². The number of aliphatic imine (C=N–C) groups is 1. The normalized spacial score (nSPS) is 24.4. The molecule has 4 rings (SSSR count). The van der Waals surface area contributed by atoms with Gasteiger partial charge < -0.3 is 10.1 Å².